The maximum Gasteiger partial charge on any atom is 0.200 e. The summed E-state index contributed by atoms with van der Waals surface area (Å²) in [6.45, 7) is 3.33. The van der Waals surface area contributed by atoms with Crippen LogP contribution < -0.4 is 4.74 Å². The van der Waals surface area contributed by atoms with Crippen LogP contribution in [0, 0.1) is 40.8 Å². The molecule has 3 aromatic rings. The molecule has 1 unspecified atom stereocenters. The number of benzene rings is 3. The predicted octanol–water partition coefficient (Wildman–Crippen LogP) is 10.3. The van der Waals surface area contributed by atoms with E-state index < -0.39 is 41.0 Å². The first-order valence-corrected chi connectivity index (χ1v) is 15.8. The van der Waals surface area contributed by atoms with Crippen LogP contribution in [0.4, 0.5) is 26.3 Å². The lowest BCUT2D eigenvalue weighted by molar-refractivity contribution is 0.192. The fourth-order valence-electron chi connectivity index (χ4n) is 7.30. The van der Waals surface area contributed by atoms with Gasteiger partial charge in [-0.05, 0) is 130 Å². The topological polar surface area (TPSA) is 29.5 Å². The number of aliphatic hydroxyl groups excluding tert-OH is 1. The van der Waals surface area contributed by atoms with Crippen LogP contribution in [0.1, 0.15) is 123 Å². The van der Waals surface area contributed by atoms with Gasteiger partial charge in [-0.25, -0.2) is 22.0 Å². The van der Waals surface area contributed by atoms with Crippen LogP contribution in [0.3, 0.4) is 0 Å². The van der Waals surface area contributed by atoms with Crippen LogP contribution in [0.25, 0.3) is 0 Å². The SMILES string of the molecule is CCOc1ccc(C2CCC(c3ccc(CCC4CCC(c5ccc(C(C)O)c(F)c5F)CC4)c(F)c3F)CC2)c(F)c1F. The minimum Gasteiger partial charge on any atom is -0.491 e. The second kappa shape index (κ2) is 14.0. The highest BCUT2D eigenvalue weighted by atomic mass is 19.2. The first-order chi connectivity index (χ1) is 21.1. The molecule has 0 aromatic heterocycles. The van der Waals surface area contributed by atoms with Crippen molar-refractivity contribution < 1.29 is 36.2 Å². The third-order valence-electron chi connectivity index (χ3n) is 9.88. The highest BCUT2D eigenvalue weighted by Gasteiger charge is 2.31. The Balaban J connectivity index is 1.15. The molecular formula is C36H40F6O2. The van der Waals surface area contributed by atoms with Gasteiger partial charge in [-0.2, -0.15) is 4.39 Å². The minimum absolute atomic E-state index is 0.0520. The Kier molecular flexibility index (Phi) is 10.3. The quantitative estimate of drug-likeness (QED) is 0.242. The van der Waals surface area contributed by atoms with E-state index in [0.29, 0.717) is 73.6 Å². The summed E-state index contributed by atoms with van der Waals surface area (Å²) in [6.07, 6.45) is 5.09. The van der Waals surface area contributed by atoms with E-state index in [1.54, 1.807) is 31.2 Å². The number of rotatable bonds is 9. The maximum atomic E-state index is 15.3. The second-order valence-corrected chi connectivity index (χ2v) is 12.5. The van der Waals surface area contributed by atoms with Gasteiger partial charge in [0.2, 0.25) is 5.82 Å². The van der Waals surface area contributed by atoms with Crippen molar-refractivity contribution in [2.45, 2.75) is 102 Å². The first-order valence-electron chi connectivity index (χ1n) is 15.8. The van der Waals surface area contributed by atoms with Crippen LogP contribution >= 0.6 is 0 Å². The molecule has 0 amide bonds. The van der Waals surface area contributed by atoms with Crippen LogP contribution in [0.2, 0.25) is 0 Å². The van der Waals surface area contributed by atoms with Crippen LogP contribution in [-0.4, -0.2) is 11.7 Å². The molecule has 0 saturated heterocycles. The summed E-state index contributed by atoms with van der Waals surface area (Å²) in [5, 5.41) is 9.64. The Labute approximate surface area is 255 Å². The van der Waals surface area contributed by atoms with Gasteiger partial charge < -0.3 is 9.84 Å². The summed E-state index contributed by atoms with van der Waals surface area (Å²) in [7, 11) is 0. The number of hydrogen-bond donors (Lipinski definition) is 1. The smallest absolute Gasteiger partial charge is 0.200 e. The van der Waals surface area contributed by atoms with E-state index in [1.165, 1.54) is 19.1 Å². The van der Waals surface area contributed by atoms with E-state index >= 15 is 8.78 Å². The highest BCUT2D eigenvalue weighted by Crippen LogP contribution is 2.44. The minimum atomic E-state index is -1.09. The number of aliphatic hydroxyl groups is 1. The molecule has 0 bridgehead atoms. The molecule has 2 nitrogen and oxygen atoms in total. The Hall–Kier alpha value is -3.00. The molecule has 2 fully saturated rings. The van der Waals surface area contributed by atoms with E-state index in [-0.39, 0.29) is 41.6 Å². The summed E-state index contributed by atoms with van der Waals surface area (Å²) < 4.78 is 93.8. The molecule has 0 heterocycles. The van der Waals surface area contributed by atoms with Gasteiger partial charge in [-0.1, -0.05) is 30.3 Å². The molecule has 1 N–H and O–H groups in total. The van der Waals surface area contributed by atoms with Crippen molar-refractivity contribution in [2.24, 2.45) is 5.92 Å². The number of hydrogen-bond acceptors (Lipinski definition) is 2. The van der Waals surface area contributed by atoms with E-state index in [4.69, 9.17) is 4.74 Å². The van der Waals surface area contributed by atoms with Crippen LogP contribution in [0.5, 0.6) is 5.75 Å². The van der Waals surface area contributed by atoms with Gasteiger partial charge in [-0.15, -0.1) is 0 Å². The normalized spacial score (nSPS) is 23.0. The van der Waals surface area contributed by atoms with Crippen molar-refractivity contribution in [3.63, 3.8) is 0 Å². The lowest BCUT2D eigenvalue weighted by atomic mass is 9.75. The largest absolute Gasteiger partial charge is 0.491 e. The molecule has 44 heavy (non-hydrogen) atoms. The second-order valence-electron chi connectivity index (χ2n) is 12.5. The van der Waals surface area contributed by atoms with Gasteiger partial charge in [-0.3, -0.25) is 0 Å². The van der Waals surface area contributed by atoms with Crippen molar-refractivity contribution in [1.29, 1.82) is 0 Å². The number of halogens is 6. The molecule has 238 valence electrons. The Morgan fingerprint density at radius 2 is 1.11 bits per heavy atom. The van der Waals surface area contributed by atoms with E-state index in [1.807, 2.05) is 0 Å². The van der Waals surface area contributed by atoms with Crippen molar-refractivity contribution in [2.75, 3.05) is 6.61 Å². The summed E-state index contributed by atoms with van der Waals surface area (Å²) in [6, 6.07) is 9.34. The zero-order valence-electron chi connectivity index (χ0n) is 25.3. The molecule has 0 spiro atoms. The third kappa shape index (κ3) is 6.65. The fourth-order valence-corrected chi connectivity index (χ4v) is 7.30. The van der Waals surface area contributed by atoms with E-state index in [2.05, 4.69) is 0 Å². The number of aryl methyl sites for hydroxylation is 1. The zero-order chi connectivity index (χ0) is 31.5. The van der Waals surface area contributed by atoms with Gasteiger partial charge in [0.05, 0.1) is 12.7 Å². The summed E-state index contributed by atoms with van der Waals surface area (Å²) in [5.74, 6) is -5.77. The molecule has 8 heteroatoms. The molecule has 0 aliphatic heterocycles. The first kappa shape index (κ1) is 32.4. The molecule has 2 aliphatic rings. The maximum absolute atomic E-state index is 15.3. The third-order valence-corrected chi connectivity index (χ3v) is 9.88. The summed E-state index contributed by atoms with van der Waals surface area (Å²) >= 11 is 0. The molecule has 1 atom stereocenters. The summed E-state index contributed by atoms with van der Waals surface area (Å²) in [4.78, 5) is 0. The molecule has 3 aromatic carbocycles. The van der Waals surface area contributed by atoms with Gasteiger partial charge in [0.25, 0.3) is 0 Å². The number of ether oxygens (including phenoxy) is 1. The van der Waals surface area contributed by atoms with E-state index in [0.717, 1.165) is 12.8 Å². The standard InChI is InChI=1S/C36H40F6O2/c1-3-44-30-19-18-29(35(41)36(30)42)24-12-10-23(11-13-24)27-15-14-25(31(37)33(27)39)9-6-21-4-7-22(8-5-21)28-17-16-26(20(2)43)32(38)34(28)40/h14-24,43H,3-13H2,1-2H3. The molecule has 2 aliphatic carbocycles. The van der Waals surface area contributed by atoms with Crippen LogP contribution in [0.15, 0.2) is 36.4 Å². The lowest BCUT2D eigenvalue weighted by Crippen LogP contribution is -2.17. The molecule has 0 radical (unpaired) electrons. The highest BCUT2D eigenvalue weighted by molar-refractivity contribution is 5.35. The van der Waals surface area contributed by atoms with Gasteiger partial charge in [0.15, 0.2) is 34.8 Å². The fraction of sp³-hybridized carbons (Fsp3) is 0.500. The zero-order valence-corrected chi connectivity index (χ0v) is 25.3. The monoisotopic (exact) mass is 618 g/mol. The lowest BCUT2D eigenvalue weighted by Gasteiger charge is -2.30. The van der Waals surface area contributed by atoms with Crippen molar-refractivity contribution in [3.8, 4) is 5.75 Å². The van der Waals surface area contributed by atoms with Crippen molar-refractivity contribution in [1.82, 2.24) is 0 Å². The Morgan fingerprint density at radius 3 is 1.66 bits per heavy atom. The Morgan fingerprint density at radius 1 is 0.636 bits per heavy atom. The molecule has 2 saturated carbocycles. The van der Waals surface area contributed by atoms with Gasteiger partial charge in [0, 0.05) is 5.56 Å². The average Bonchev–Trinajstić information content (AvgIpc) is 3.02. The van der Waals surface area contributed by atoms with Crippen LogP contribution in [-0.2, 0) is 6.42 Å². The van der Waals surface area contributed by atoms with Crippen molar-refractivity contribution >= 4 is 0 Å². The predicted molar refractivity (Wildman–Crippen MR) is 158 cm³/mol. The van der Waals surface area contributed by atoms with Gasteiger partial charge >= 0.3 is 0 Å². The molecule has 5 rings (SSSR count). The van der Waals surface area contributed by atoms with Crippen molar-refractivity contribution in [3.05, 3.63) is 99.1 Å². The van der Waals surface area contributed by atoms with Gasteiger partial charge in [0.1, 0.15) is 0 Å². The molecular weight excluding hydrogens is 578 g/mol. The van der Waals surface area contributed by atoms with E-state index in [9.17, 15) is 22.7 Å². The Bertz CT molecular complexity index is 1460. The average molecular weight is 619 g/mol. The summed E-state index contributed by atoms with van der Waals surface area (Å²) in [5.41, 5.74) is 1.24.